The number of aryl methyl sites for hydroxylation is 1. The lowest BCUT2D eigenvalue weighted by Gasteiger charge is -2.22. The van der Waals surface area contributed by atoms with E-state index in [9.17, 15) is 4.79 Å². The minimum absolute atomic E-state index is 0.0683. The molecule has 0 amide bonds. The van der Waals surface area contributed by atoms with Crippen molar-refractivity contribution in [3.63, 3.8) is 0 Å². The zero-order chi connectivity index (χ0) is 11.0. The van der Waals surface area contributed by atoms with E-state index in [2.05, 4.69) is 23.4 Å². The van der Waals surface area contributed by atoms with E-state index < -0.39 is 0 Å². The summed E-state index contributed by atoms with van der Waals surface area (Å²) in [6.07, 6.45) is 3.14. The van der Waals surface area contributed by atoms with Crippen LogP contribution >= 0.6 is 0 Å². The predicted molar refractivity (Wildman–Crippen MR) is 59.1 cm³/mol. The molecule has 0 bridgehead atoms. The van der Waals surface area contributed by atoms with Crippen molar-refractivity contribution in [3.05, 3.63) is 17.2 Å². The van der Waals surface area contributed by atoms with Crippen molar-refractivity contribution < 1.29 is 4.79 Å². The molecular formula is C12H18N2O. The molecule has 1 aromatic rings. The molecule has 0 aliphatic carbocycles. The van der Waals surface area contributed by atoms with Crippen molar-refractivity contribution in [2.45, 2.75) is 52.0 Å². The van der Waals surface area contributed by atoms with Crippen LogP contribution in [0.4, 0.5) is 0 Å². The fourth-order valence-corrected chi connectivity index (χ4v) is 2.49. The summed E-state index contributed by atoms with van der Waals surface area (Å²) < 4.78 is 2.25. The molecule has 0 saturated heterocycles. The van der Waals surface area contributed by atoms with E-state index in [1.54, 1.807) is 0 Å². The first kappa shape index (κ1) is 10.4. The zero-order valence-corrected chi connectivity index (χ0v) is 9.66. The van der Waals surface area contributed by atoms with Gasteiger partial charge in [0.2, 0.25) is 0 Å². The van der Waals surface area contributed by atoms with Crippen LogP contribution < -0.4 is 0 Å². The van der Waals surface area contributed by atoms with Crippen molar-refractivity contribution >= 4 is 6.29 Å². The van der Waals surface area contributed by atoms with Gasteiger partial charge >= 0.3 is 0 Å². The Labute approximate surface area is 90.5 Å². The van der Waals surface area contributed by atoms with Crippen LogP contribution in [0.2, 0.25) is 0 Å². The third-order valence-electron chi connectivity index (χ3n) is 3.15. The van der Waals surface area contributed by atoms with E-state index in [1.807, 2.05) is 6.92 Å². The largest absolute Gasteiger partial charge is 0.331 e. The standard InChI is InChI=1S/C12H18N2O/c1-8(2)12-13-9(3)11-10(7-15)5-4-6-14(11)12/h7-8,10H,4-6H2,1-3H3. The number of aromatic nitrogens is 2. The van der Waals surface area contributed by atoms with Gasteiger partial charge in [-0.25, -0.2) is 4.98 Å². The minimum Gasteiger partial charge on any atom is -0.331 e. The fraction of sp³-hybridized carbons (Fsp3) is 0.667. The van der Waals surface area contributed by atoms with Gasteiger partial charge in [-0.1, -0.05) is 13.8 Å². The van der Waals surface area contributed by atoms with Crippen molar-refractivity contribution in [1.82, 2.24) is 9.55 Å². The summed E-state index contributed by atoms with van der Waals surface area (Å²) in [5.74, 6) is 1.63. The second kappa shape index (κ2) is 3.80. The van der Waals surface area contributed by atoms with Gasteiger partial charge in [0.1, 0.15) is 12.1 Å². The molecule has 3 heteroatoms. The summed E-state index contributed by atoms with van der Waals surface area (Å²) in [6.45, 7) is 7.34. The van der Waals surface area contributed by atoms with E-state index >= 15 is 0 Å². The maximum atomic E-state index is 11.0. The first-order valence-corrected chi connectivity index (χ1v) is 5.67. The van der Waals surface area contributed by atoms with E-state index in [4.69, 9.17) is 0 Å². The monoisotopic (exact) mass is 206 g/mol. The molecule has 2 heterocycles. The summed E-state index contributed by atoms with van der Waals surface area (Å²) in [4.78, 5) is 15.6. The molecule has 0 saturated carbocycles. The van der Waals surface area contributed by atoms with Gasteiger partial charge in [0.15, 0.2) is 0 Å². The Kier molecular flexibility index (Phi) is 2.63. The van der Waals surface area contributed by atoms with Crippen LogP contribution in [0.15, 0.2) is 0 Å². The second-order valence-corrected chi connectivity index (χ2v) is 4.63. The average Bonchev–Trinajstić information content (AvgIpc) is 2.56. The van der Waals surface area contributed by atoms with Crippen LogP contribution in [-0.2, 0) is 11.3 Å². The maximum absolute atomic E-state index is 11.0. The van der Waals surface area contributed by atoms with Crippen LogP contribution in [0, 0.1) is 6.92 Å². The number of rotatable bonds is 2. The Balaban J connectivity index is 2.53. The first-order chi connectivity index (χ1) is 7.15. The van der Waals surface area contributed by atoms with Crippen LogP contribution in [0.25, 0.3) is 0 Å². The van der Waals surface area contributed by atoms with Gasteiger partial charge in [0.05, 0.1) is 17.3 Å². The highest BCUT2D eigenvalue weighted by Crippen LogP contribution is 2.31. The smallest absolute Gasteiger partial charge is 0.129 e. The molecule has 0 N–H and O–H groups in total. The molecule has 0 radical (unpaired) electrons. The number of imidazole rings is 1. The molecule has 1 aromatic heterocycles. The highest BCUT2D eigenvalue weighted by molar-refractivity contribution is 5.62. The van der Waals surface area contributed by atoms with Crippen LogP contribution in [0.3, 0.4) is 0 Å². The Bertz CT molecular complexity index is 379. The van der Waals surface area contributed by atoms with Crippen LogP contribution in [0.5, 0.6) is 0 Å². The van der Waals surface area contributed by atoms with E-state index in [1.165, 1.54) is 0 Å². The third-order valence-corrected chi connectivity index (χ3v) is 3.15. The summed E-state index contributed by atoms with van der Waals surface area (Å²) in [5.41, 5.74) is 2.19. The topological polar surface area (TPSA) is 34.9 Å². The molecule has 1 atom stereocenters. The van der Waals surface area contributed by atoms with Gasteiger partial charge in [0.25, 0.3) is 0 Å². The first-order valence-electron chi connectivity index (χ1n) is 5.67. The average molecular weight is 206 g/mol. The lowest BCUT2D eigenvalue weighted by atomic mass is 9.96. The lowest BCUT2D eigenvalue weighted by molar-refractivity contribution is -0.109. The second-order valence-electron chi connectivity index (χ2n) is 4.63. The van der Waals surface area contributed by atoms with Crippen molar-refractivity contribution in [1.29, 1.82) is 0 Å². The maximum Gasteiger partial charge on any atom is 0.129 e. The molecule has 1 aliphatic heterocycles. The minimum atomic E-state index is 0.0683. The molecule has 82 valence electrons. The SMILES string of the molecule is Cc1nc(C(C)C)n2c1C(C=O)CCC2. The quantitative estimate of drug-likeness (QED) is 0.696. The van der Waals surface area contributed by atoms with Crippen LogP contribution in [-0.4, -0.2) is 15.8 Å². The van der Waals surface area contributed by atoms with E-state index in [0.29, 0.717) is 5.92 Å². The summed E-state index contributed by atoms with van der Waals surface area (Å²) in [6, 6.07) is 0. The number of carbonyl (C=O) groups is 1. The van der Waals surface area contributed by atoms with Crippen molar-refractivity contribution in [2.75, 3.05) is 0 Å². The summed E-state index contributed by atoms with van der Waals surface area (Å²) in [5, 5.41) is 0. The summed E-state index contributed by atoms with van der Waals surface area (Å²) in [7, 11) is 0. The van der Waals surface area contributed by atoms with Gasteiger partial charge in [-0.05, 0) is 19.8 Å². The predicted octanol–water partition coefficient (Wildman–Crippen LogP) is 2.39. The molecule has 2 rings (SSSR count). The molecule has 0 spiro atoms. The number of fused-ring (bicyclic) bond motifs is 1. The lowest BCUT2D eigenvalue weighted by Crippen LogP contribution is -2.19. The van der Waals surface area contributed by atoms with Gasteiger partial charge in [0, 0.05) is 12.5 Å². The molecular weight excluding hydrogens is 188 g/mol. The number of aldehydes is 1. The molecule has 1 aliphatic rings. The number of hydrogen-bond acceptors (Lipinski definition) is 2. The normalized spacial score (nSPS) is 20.4. The molecule has 15 heavy (non-hydrogen) atoms. The Morgan fingerprint density at radius 2 is 2.27 bits per heavy atom. The van der Waals surface area contributed by atoms with Gasteiger partial charge in [-0.3, -0.25) is 0 Å². The van der Waals surface area contributed by atoms with Crippen LogP contribution in [0.1, 0.15) is 55.7 Å². The molecule has 1 unspecified atom stereocenters. The fourth-order valence-electron chi connectivity index (χ4n) is 2.49. The highest BCUT2D eigenvalue weighted by atomic mass is 16.1. The van der Waals surface area contributed by atoms with E-state index in [0.717, 1.165) is 42.9 Å². The van der Waals surface area contributed by atoms with Crippen molar-refractivity contribution in [2.24, 2.45) is 0 Å². The Hall–Kier alpha value is -1.12. The summed E-state index contributed by atoms with van der Waals surface area (Å²) >= 11 is 0. The Morgan fingerprint density at radius 3 is 2.87 bits per heavy atom. The van der Waals surface area contributed by atoms with Gasteiger partial charge < -0.3 is 9.36 Å². The van der Waals surface area contributed by atoms with Crippen molar-refractivity contribution in [3.8, 4) is 0 Å². The number of hydrogen-bond donors (Lipinski definition) is 0. The highest BCUT2D eigenvalue weighted by Gasteiger charge is 2.26. The molecule has 3 nitrogen and oxygen atoms in total. The van der Waals surface area contributed by atoms with E-state index in [-0.39, 0.29) is 5.92 Å². The molecule has 0 fully saturated rings. The van der Waals surface area contributed by atoms with Gasteiger partial charge in [-0.15, -0.1) is 0 Å². The number of nitrogens with zero attached hydrogens (tertiary/aromatic N) is 2. The molecule has 0 aromatic carbocycles. The van der Waals surface area contributed by atoms with Gasteiger partial charge in [-0.2, -0.15) is 0 Å². The Morgan fingerprint density at radius 1 is 1.53 bits per heavy atom. The third kappa shape index (κ3) is 1.60. The number of carbonyl (C=O) groups excluding carboxylic acids is 1. The zero-order valence-electron chi connectivity index (χ0n) is 9.66.